The van der Waals surface area contributed by atoms with E-state index in [1.165, 1.54) is 0 Å². The van der Waals surface area contributed by atoms with Crippen molar-refractivity contribution in [3.05, 3.63) is 0 Å². The zero-order valence-electron chi connectivity index (χ0n) is 8.83. The normalized spacial score (nSPS) is 27.2. The number of ether oxygens (including phenoxy) is 3. The van der Waals surface area contributed by atoms with Crippen LogP contribution in [0.25, 0.3) is 0 Å². The van der Waals surface area contributed by atoms with E-state index in [4.69, 9.17) is 14.2 Å². The summed E-state index contributed by atoms with van der Waals surface area (Å²) in [5.41, 5.74) is 0. The Balaban J connectivity index is 1.83. The number of methoxy groups -OCH3 is 1. The Bertz CT molecular complexity index is 180. The average Bonchev–Trinajstić information content (AvgIpc) is 2.63. The van der Waals surface area contributed by atoms with Gasteiger partial charge in [0, 0.05) is 20.1 Å². The second kappa shape index (κ2) is 4.57. The van der Waals surface area contributed by atoms with Gasteiger partial charge in [-0.3, -0.25) is 4.90 Å². The Hall–Kier alpha value is -0.160. The van der Waals surface area contributed by atoms with Crippen molar-refractivity contribution in [2.24, 2.45) is 0 Å². The van der Waals surface area contributed by atoms with Crippen LogP contribution in [0.15, 0.2) is 0 Å². The molecule has 0 bridgehead atoms. The molecule has 0 aromatic carbocycles. The summed E-state index contributed by atoms with van der Waals surface area (Å²) in [5, 5.41) is 0. The smallest absolute Gasteiger partial charge is 0.181 e. The summed E-state index contributed by atoms with van der Waals surface area (Å²) in [4.78, 5) is 2.36. The van der Waals surface area contributed by atoms with Gasteiger partial charge < -0.3 is 14.2 Å². The van der Waals surface area contributed by atoms with Gasteiger partial charge in [-0.05, 0) is 13.0 Å². The van der Waals surface area contributed by atoms with Gasteiger partial charge in [0.05, 0.1) is 26.4 Å². The van der Waals surface area contributed by atoms with Crippen molar-refractivity contribution in [2.75, 3.05) is 46.6 Å². The number of piperidine rings is 1. The lowest BCUT2D eigenvalue weighted by molar-refractivity contribution is -0.190. The van der Waals surface area contributed by atoms with Crippen LogP contribution in [0, 0.1) is 0 Å². The van der Waals surface area contributed by atoms with E-state index in [0.29, 0.717) is 0 Å². The van der Waals surface area contributed by atoms with Crippen LogP contribution in [0.2, 0.25) is 0 Å². The Kier molecular flexibility index (Phi) is 3.38. The Morgan fingerprint density at radius 1 is 1.36 bits per heavy atom. The molecule has 2 heterocycles. The first kappa shape index (κ1) is 10.4. The number of nitrogens with zero attached hydrogens (tertiary/aromatic N) is 1. The van der Waals surface area contributed by atoms with E-state index in [2.05, 4.69) is 4.90 Å². The van der Waals surface area contributed by atoms with Crippen LogP contribution in [0.5, 0.6) is 0 Å². The highest BCUT2D eigenvalue weighted by Crippen LogP contribution is 2.29. The molecule has 0 aromatic rings. The predicted octanol–water partition coefficient (Wildman–Crippen LogP) is 0.472. The van der Waals surface area contributed by atoms with Gasteiger partial charge in [0.1, 0.15) is 0 Å². The molecule has 0 saturated carbocycles. The monoisotopic (exact) mass is 201 g/mol. The van der Waals surface area contributed by atoms with Crippen LogP contribution >= 0.6 is 0 Å². The summed E-state index contributed by atoms with van der Waals surface area (Å²) >= 11 is 0. The third-order valence-corrected chi connectivity index (χ3v) is 2.92. The van der Waals surface area contributed by atoms with E-state index < -0.39 is 0 Å². The molecule has 2 aliphatic rings. The number of hydrogen-bond donors (Lipinski definition) is 0. The van der Waals surface area contributed by atoms with Crippen molar-refractivity contribution in [1.82, 2.24) is 4.90 Å². The zero-order valence-corrected chi connectivity index (χ0v) is 8.83. The van der Waals surface area contributed by atoms with Gasteiger partial charge in [0.15, 0.2) is 5.79 Å². The second-order valence-corrected chi connectivity index (χ2v) is 3.98. The molecule has 14 heavy (non-hydrogen) atoms. The highest BCUT2D eigenvalue weighted by atomic mass is 16.7. The molecule has 2 fully saturated rings. The van der Waals surface area contributed by atoms with Crippen LogP contribution in [-0.2, 0) is 14.2 Å². The van der Waals surface area contributed by atoms with E-state index in [1.54, 1.807) is 7.11 Å². The molecule has 0 radical (unpaired) electrons. The lowest BCUT2D eigenvalue weighted by Gasteiger charge is -2.38. The summed E-state index contributed by atoms with van der Waals surface area (Å²) < 4.78 is 16.4. The summed E-state index contributed by atoms with van der Waals surface area (Å²) in [6.45, 7) is 5.30. The summed E-state index contributed by atoms with van der Waals surface area (Å²) in [6, 6.07) is 0. The molecule has 0 atom stereocenters. The molecule has 2 saturated heterocycles. The van der Waals surface area contributed by atoms with Gasteiger partial charge in [0.2, 0.25) is 0 Å². The van der Waals surface area contributed by atoms with Crippen LogP contribution in [-0.4, -0.2) is 57.3 Å². The van der Waals surface area contributed by atoms with Crippen molar-refractivity contribution in [2.45, 2.75) is 18.6 Å². The molecule has 0 aliphatic carbocycles. The number of rotatable bonds is 3. The van der Waals surface area contributed by atoms with Crippen molar-refractivity contribution in [3.63, 3.8) is 0 Å². The molecular weight excluding hydrogens is 182 g/mol. The lowest BCUT2D eigenvalue weighted by Crippen LogP contribution is -2.49. The second-order valence-electron chi connectivity index (χ2n) is 3.98. The SMILES string of the molecule is COCCN1CCCC2(C1)OCCO2. The van der Waals surface area contributed by atoms with Gasteiger partial charge in [-0.2, -0.15) is 0 Å². The lowest BCUT2D eigenvalue weighted by atomic mass is 10.0. The third kappa shape index (κ3) is 2.25. The highest BCUT2D eigenvalue weighted by molar-refractivity contribution is 4.83. The van der Waals surface area contributed by atoms with Gasteiger partial charge >= 0.3 is 0 Å². The largest absolute Gasteiger partial charge is 0.383 e. The van der Waals surface area contributed by atoms with Crippen LogP contribution < -0.4 is 0 Å². The molecule has 2 aliphatic heterocycles. The fraction of sp³-hybridized carbons (Fsp3) is 1.00. The first-order valence-corrected chi connectivity index (χ1v) is 5.34. The highest BCUT2D eigenvalue weighted by Gasteiger charge is 2.40. The first-order valence-electron chi connectivity index (χ1n) is 5.34. The Morgan fingerprint density at radius 2 is 2.14 bits per heavy atom. The summed E-state index contributed by atoms with van der Waals surface area (Å²) in [7, 11) is 1.74. The molecule has 0 N–H and O–H groups in total. The average molecular weight is 201 g/mol. The van der Waals surface area contributed by atoms with Crippen molar-refractivity contribution < 1.29 is 14.2 Å². The van der Waals surface area contributed by atoms with Gasteiger partial charge in [-0.15, -0.1) is 0 Å². The van der Waals surface area contributed by atoms with Crippen LogP contribution in [0.3, 0.4) is 0 Å². The Labute approximate surface area is 85.1 Å². The fourth-order valence-corrected chi connectivity index (χ4v) is 2.21. The van der Waals surface area contributed by atoms with E-state index in [1.807, 2.05) is 0 Å². The van der Waals surface area contributed by atoms with Crippen molar-refractivity contribution >= 4 is 0 Å². The fourth-order valence-electron chi connectivity index (χ4n) is 2.21. The maximum atomic E-state index is 5.69. The molecule has 82 valence electrons. The maximum absolute atomic E-state index is 5.69. The topological polar surface area (TPSA) is 30.9 Å². The summed E-state index contributed by atoms with van der Waals surface area (Å²) in [6.07, 6.45) is 2.19. The van der Waals surface area contributed by atoms with E-state index in [0.717, 1.165) is 52.3 Å². The van der Waals surface area contributed by atoms with Crippen LogP contribution in [0.1, 0.15) is 12.8 Å². The molecule has 1 spiro atoms. The van der Waals surface area contributed by atoms with E-state index in [9.17, 15) is 0 Å². The molecule has 0 aromatic heterocycles. The molecule has 2 rings (SSSR count). The Morgan fingerprint density at radius 3 is 2.86 bits per heavy atom. The third-order valence-electron chi connectivity index (χ3n) is 2.92. The molecule has 4 nitrogen and oxygen atoms in total. The standard InChI is InChI=1S/C10H19NO3/c1-12-6-5-11-4-2-3-10(9-11)13-7-8-14-10/h2-9H2,1H3. The zero-order chi connectivity index (χ0) is 9.86. The minimum Gasteiger partial charge on any atom is -0.383 e. The summed E-state index contributed by atoms with van der Waals surface area (Å²) in [5.74, 6) is -0.286. The number of hydrogen-bond acceptors (Lipinski definition) is 4. The number of likely N-dealkylation sites (tertiary alicyclic amines) is 1. The molecular formula is C10H19NO3. The molecule has 0 unspecified atom stereocenters. The predicted molar refractivity (Wildman–Crippen MR) is 52.2 cm³/mol. The quantitative estimate of drug-likeness (QED) is 0.664. The van der Waals surface area contributed by atoms with E-state index >= 15 is 0 Å². The van der Waals surface area contributed by atoms with E-state index in [-0.39, 0.29) is 5.79 Å². The first-order chi connectivity index (χ1) is 6.85. The van der Waals surface area contributed by atoms with Gasteiger partial charge in [0.25, 0.3) is 0 Å². The van der Waals surface area contributed by atoms with Gasteiger partial charge in [-0.25, -0.2) is 0 Å². The van der Waals surface area contributed by atoms with Crippen molar-refractivity contribution in [1.29, 1.82) is 0 Å². The van der Waals surface area contributed by atoms with Gasteiger partial charge in [-0.1, -0.05) is 0 Å². The minimum absolute atomic E-state index is 0.286. The maximum Gasteiger partial charge on any atom is 0.181 e. The minimum atomic E-state index is -0.286. The molecule has 4 heteroatoms. The van der Waals surface area contributed by atoms with Crippen LogP contribution in [0.4, 0.5) is 0 Å². The van der Waals surface area contributed by atoms with Crippen molar-refractivity contribution in [3.8, 4) is 0 Å². The molecule has 0 amide bonds.